The van der Waals surface area contributed by atoms with Crippen LogP contribution in [-0.4, -0.2) is 47.3 Å². The van der Waals surface area contributed by atoms with E-state index in [1.807, 2.05) is 18.4 Å². The summed E-state index contributed by atoms with van der Waals surface area (Å²) in [5.41, 5.74) is 3.53. The molecule has 2 rings (SSSR count). The van der Waals surface area contributed by atoms with Gasteiger partial charge in [0.1, 0.15) is 0 Å². The zero-order valence-electron chi connectivity index (χ0n) is 13.7. The van der Waals surface area contributed by atoms with E-state index in [-0.39, 0.29) is 18.7 Å². The molecule has 0 fully saturated rings. The molecule has 0 bridgehead atoms. The maximum Gasteiger partial charge on any atom is 0.315 e. The monoisotopic (exact) mass is 335 g/mol. The van der Waals surface area contributed by atoms with Crippen LogP contribution in [0.1, 0.15) is 17.7 Å². The fourth-order valence-electron chi connectivity index (χ4n) is 2.75. The molecule has 1 heterocycles. The van der Waals surface area contributed by atoms with Crippen molar-refractivity contribution in [1.29, 1.82) is 0 Å². The molecule has 0 radical (unpaired) electrons. The Morgan fingerprint density at radius 3 is 2.91 bits per heavy atom. The van der Waals surface area contributed by atoms with E-state index >= 15 is 0 Å². The number of rotatable bonds is 8. The zero-order chi connectivity index (χ0) is 16.7. The number of aliphatic hydroxyl groups excluding tert-OH is 1. The van der Waals surface area contributed by atoms with Gasteiger partial charge >= 0.3 is 6.03 Å². The van der Waals surface area contributed by atoms with E-state index in [1.165, 1.54) is 10.9 Å². The Labute approximate surface area is 141 Å². The van der Waals surface area contributed by atoms with Gasteiger partial charge in [0.05, 0.1) is 0 Å². The van der Waals surface area contributed by atoms with Gasteiger partial charge in [-0.05, 0) is 37.7 Å². The molecule has 5 nitrogen and oxygen atoms in total. The average Bonchev–Trinajstić information content (AvgIpc) is 2.84. The minimum atomic E-state index is -0.171. The van der Waals surface area contributed by atoms with Gasteiger partial charge in [0, 0.05) is 41.5 Å². The Balaban J connectivity index is 1.86. The van der Waals surface area contributed by atoms with Gasteiger partial charge in [-0.1, -0.05) is 18.2 Å². The molecule has 2 amide bonds. The number of aromatic nitrogens is 1. The lowest BCUT2D eigenvalue weighted by Gasteiger charge is -2.17. The number of aryl methyl sites for hydroxylation is 1. The number of urea groups is 1. The summed E-state index contributed by atoms with van der Waals surface area (Å²) in [4.78, 5) is 15.3. The van der Waals surface area contributed by atoms with Gasteiger partial charge in [0.15, 0.2) is 0 Å². The van der Waals surface area contributed by atoms with Crippen LogP contribution in [0.15, 0.2) is 24.3 Å². The number of aromatic amines is 1. The maximum absolute atomic E-state index is 12.0. The maximum atomic E-state index is 12.0. The van der Waals surface area contributed by atoms with Crippen LogP contribution in [0, 0.1) is 6.92 Å². The summed E-state index contributed by atoms with van der Waals surface area (Å²) in [7, 11) is 0. The standard InChI is InChI=1S/C17H25N3O2S/c1-12-14(15-5-3-4-6-16(15)19-12)7-9-18-17(22)20-13(8-10-21)11-23-2/h3-6,13,19,21H,7-11H2,1-2H3,(H2,18,20,22). The van der Waals surface area contributed by atoms with E-state index < -0.39 is 0 Å². The lowest BCUT2D eigenvalue weighted by molar-refractivity contribution is 0.231. The van der Waals surface area contributed by atoms with E-state index in [1.54, 1.807) is 11.8 Å². The van der Waals surface area contributed by atoms with Gasteiger partial charge in [-0.15, -0.1) is 0 Å². The number of thioether (sulfide) groups is 1. The second-order valence-electron chi connectivity index (χ2n) is 5.59. The van der Waals surface area contributed by atoms with E-state index in [4.69, 9.17) is 5.11 Å². The number of benzene rings is 1. The number of hydrogen-bond acceptors (Lipinski definition) is 3. The highest BCUT2D eigenvalue weighted by Crippen LogP contribution is 2.21. The molecule has 126 valence electrons. The number of carbonyl (C=O) groups excluding carboxylic acids is 1. The first-order valence-electron chi connectivity index (χ1n) is 7.86. The topological polar surface area (TPSA) is 77.2 Å². The predicted octanol–water partition coefficient (Wildman–Crippen LogP) is 2.43. The minimum absolute atomic E-state index is 0.00447. The molecule has 0 saturated heterocycles. The third-order valence-corrected chi connectivity index (χ3v) is 4.60. The number of para-hydroxylation sites is 1. The van der Waals surface area contributed by atoms with Crippen LogP contribution in [0.2, 0.25) is 0 Å². The molecule has 2 aromatic rings. The lowest BCUT2D eigenvalue weighted by Crippen LogP contribution is -2.44. The molecule has 4 N–H and O–H groups in total. The molecule has 1 atom stereocenters. The largest absolute Gasteiger partial charge is 0.396 e. The Bertz CT molecular complexity index is 636. The third-order valence-electron chi connectivity index (χ3n) is 3.87. The molecule has 0 aliphatic heterocycles. The lowest BCUT2D eigenvalue weighted by atomic mass is 10.1. The van der Waals surface area contributed by atoms with Gasteiger partial charge in [0.2, 0.25) is 0 Å². The van der Waals surface area contributed by atoms with Crippen molar-refractivity contribution in [2.24, 2.45) is 0 Å². The fraction of sp³-hybridized carbons (Fsp3) is 0.471. The molecule has 1 aromatic heterocycles. The molecule has 1 aromatic carbocycles. The Hall–Kier alpha value is -1.66. The number of carbonyl (C=O) groups is 1. The summed E-state index contributed by atoms with van der Waals surface area (Å²) in [5, 5.41) is 16.1. The van der Waals surface area contributed by atoms with Crippen LogP contribution in [0.3, 0.4) is 0 Å². The fourth-order valence-corrected chi connectivity index (χ4v) is 3.40. The Morgan fingerprint density at radius 1 is 1.39 bits per heavy atom. The van der Waals surface area contributed by atoms with Crippen molar-refractivity contribution in [2.45, 2.75) is 25.8 Å². The van der Waals surface area contributed by atoms with Gasteiger partial charge < -0.3 is 20.7 Å². The first-order chi connectivity index (χ1) is 11.2. The van der Waals surface area contributed by atoms with Crippen molar-refractivity contribution < 1.29 is 9.90 Å². The summed E-state index contributed by atoms with van der Waals surface area (Å²) >= 11 is 1.66. The number of nitrogens with one attached hydrogen (secondary N) is 3. The van der Waals surface area contributed by atoms with Crippen LogP contribution in [-0.2, 0) is 6.42 Å². The molecule has 0 saturated carbocycles. The zero-order valence-corrected chi connectivity index (χ0v) is 14.5. The van der Waals surface area contributed by atoms with Gasteiger partial charge in [-0.2, -0.15) is 11.8 Å². The molecule has 1 unspecified atom stereocenters. The predicted molar refractivity (Wildman–Crippen MR) is 97.1 cm³/mol. The van der Waals surface area contributed by atoms with E-state index in [0.717, 1.165) is 23.4 Å². The smallest absolute Gasteiger partial charge is 0.315 e. The first-order valence-corrected chi connectivity index (χ1v) is 9.25. The number of amides is 2. The normalized spacial score (nSPS) is 12.3. The van der Waals surface area contributed by atoms with E-state index in [9.17, 15) is 4.79 Å². The van der Waals surface area contributed by atoms with Crippen LogP contribution in [0.5, 0.6) is 0 Å². The van der Waals surface area contributed by atoms with Crippen molar-refractivity contribution in [1.82, 2.24) is 15.6 Å². The highest BCUT2D eigenvalue weighted by Gasteiger charge is 2.12. The van der Waals surface area contributed by atoms with Crippen molar-refractivity contribution in [3.8, 4) is 0 Å². The van der Waals surface area contributed by atoms with E-state index in [0.29, 0.717) is 13.0 Å². The summed E-state index contributed by atoms with van der Waals surface area (Å²) in [5.74, 6) is 0.801. The molecule has 0 aliphatic rings. The molecular weight excluding hydrogens is 310 g/mol. The quantitative estimate of drug-likeness (QED) is 0.598. The second-order valence-corrected chi connectivity index (χ2v) is 6.50. The van der Waals surface area contributed by atoms with Crippen LogP contribution in [0.25, 0.3) is 10.9 Å². The van der Waals surface area contributed by atoms with Gasteiger partial charge in [0.25, 0.3) is 0 Å². The number of hydrogen-bond donors (Lipinski definition) is 4. The van der Waals surface area contributed by atoms with Gasteiger partial charge in [-0.25, -0.2) is 4.79 Å². The molecule has 0 aliphatic carbocycles. The molecular formula is C17H25N3O2S. The minimum Gasteiger partial charge on any atom is -0.396 e. The number of aliphatic hydroxyl groups is 1. The second kappa shape index (κ2) is 8.84. The Kier molecular flexibility index (Phi) is 6.80. The number of H-pyrrole nitrogens is 1. The summed E-state index contributed by atoms with van der Waals surface area (Å²) in [6, 6.07) is 8.04. The van der Waals surface area contributed by atoms with Gasteiger partial charge in [-0.3, -0.25) is 0 Å². The highest BCUT2D eigenvalue weighted by atomic mass is 32.2. The van der Waals surface area contributed by atoms with Crippen molar-refractivity contribution in [3.63, 3.8) is 0 Å². The number of fused-ring (bicyclic) bond motifs is 1. The molecule has 0 spiro atoms. The van der Waals surface area contributed by atoms with Crippen molar-refractivity contribution >= 4 is 28.7 Å². The highest BCUT2D eigenvalue weighted by molar-refractivity contribution is 7.98. The molecule has 23 heavy (non-hydrogen) atoms. The third kappa shape index (κ3) is 4.91. The summed E-state index contributed by atoms with van der Waals surface area (Å²) in [6.45, 7) is 2.73. The van der Waals surface area contributed by atoms with E-state index in [2.05, 4.69) is 34.7 Å². The van der Waals surface area contributed by atoms with Crippen molar-refractivity contribution in [3.05, 3.63) is 35.5 Å². The SMILES string of the molecule is CSCC(CCO)NC(=O)NCCc1c(C)[nH]c2ccccc12. The average molecular weight is 335 g/mol. The van der Waals surface area contributed by atoms with Crippen LogP contribution < -0.4 is 10.6 Å². The molecule has 6 heteroatoms. The first kappa shape index (κ1) is 17.7. The summed E-state index contributed by atoms with van der Waals surface area (Å²) in [6.07, 6.45) is 3.36. The summed E-state index contributed by atoms with van der Waals surface area (Å²) < 4.78 is 0. The van der Waals surface area contributed by atoms with Crippen molar-refractivity contribution in [2.75, 3.05) is 25.2 Å². The van der Waals surface area contributed by atoms with Crippen LogP contribution >= 0.6 is 11.8 Å². The Morgan fingerprint density at radius 2 is 2.17 bits per heavy atom. The van der Waals surface area contributed by atoms with Crippen LogP contribution in [0.4, 0.5) is 4.79 Å².